The van der Waals surface area contributed by atoms with Crippen LogP contribution in [0.1, 0.15) is 42.9 Å². The second-order valence-corrected chi connectivity index (χ2v) is 7.97. The number of fused-ring (bicyclic) bond motifs is 1. The van der Waals surface area contributed by atoms with E-state index >= 15 is 0 Å². The van der Waals surface area contributed by atoms with E-state index in [2.05, 4.69) is 21.4 Å². The van der Waals surface area contributed by atoms with Gasteiger partial charge in [-0.3, -0.25) is 4.98 Å². The first kappa shape index (κ1) is 19.4. The Bertz CT molecular complexity index is 1170. The molecule has 1 atom stereocenters. The van der Waals surface area contributed by atoms with Gasteiger partial charge in [0.15, 0.2) is 0 Å². The predicted octanol–water partition coefficient (Wildman–Crippen LogP) is 5.86. The first-order chi connectivity index (χ1) is 15.3. The summed E-state index contributed by atoms with van der Waals surface area (Å²) in [6.07, 6.45) is 8.41. The van der Waals surface area contributed by atoms with Gasteiger partial charge in [0.1, 0.15) is 22.8 Å². The zero-order valence-corrected chi connectivity index (χ0v) is 17.2. The summed E-state index contributed by atoms with van der Waals surface area (Å²) >= 11 is 0. The quantitative estimate of drug-likeness (QED) is 0.416. The monoisotopic (exact) mass is 411 g/mol. The Hall–Kier alpha value is -3.60. The molecule has 0 spiro atoms. The highest BCUT2D eigenvalue weighted by Gasteiger charge is 2.22. The van der Waals surface area contributed by atoms with Gasteiger partial charge in [-0.25, -0.2) is 4.98 Å². The fraction of sp³-hybridized carbons (Fsp3) is 0.231. The van der Waals surface area contributed by atoms with Crippen LogP contribution in [0.2, 0.25) is 0 Å². The molecular weight excluding hydrogens is 386 g/mol. The molecule has 1 fully saturated rings. The molecule has 0 radical (unpaired) electrons. The molecule has 1 saturated carbocycles. The van der Waals surface area contributed by atoms with Crippen LogP contribution in [0.5, 0.6) is 11.5 Å². The van der Waals surface area contributed by atoms with Gasteiger partial charge >= 0.3 is 0 Å². The molecule has 31 heavy (non-hydrogen) atoms. The molecule has 2 aromatic heterocycles. The molecule has 0 unspecified atom stereocenters. The lowest BCUT2D eigenvalue weighted by molar-refractivity contribution is 0.210. The van der Waals surface area contributed by atoms with E-state index in [4.69, 9.17) is 4.74 Å². The Balaban J connectivity index is 1.56. The number of ether oxygens (including phenoxy) is 1. The minimum atomic E-state index is -0.312. The highest BCUT2D eigenvalue weighted by molar-refractivity contribution is 5.86. The second kappa shape index (κ2) is 8.64. The number of phenolic OH excluding ortho intramolecular Hbond substituents is 1. The van der Waals surface area contributed by atoms with E-state index in [0.717, 1.165) is 40.9 Å². The minimum absolute atomic E-state index is 0.175. The molecule has 156 valence electrons. The lowest BCUT2D eigenvalue weighted by atomic mass is 9.96. The maximum absolute atomic E-state index is 11.1. The van der Waals surface area contributed by atoms with Crippen LogP contribution < -0.4 is 10.1 Å². The van der Waals surface area contributed by atoms with Gasteiger partial charge in [0, 0.05) is 23.3 Å². The van der Waals surface area contributed by atoms with Crippen LogP contribution in [0, 0.1) is 0 Å². The van der Waals surface area contributed by atoms with Gasteiger partial charge < -0.3 is 15.2 Å². The second-order valence-electron chi connectivity index (χ2n) is 7.97. The Labute approximate surface area is 181 Å². The molecule has 1 aliphatic carbocycles. The van der Waals surface area contributed by atoms with E-state index < -0.39 is 0 Å². The van der Waals surface area contributed by atoms with Crippen molar-refractivity contribution in [2.75, 3.05) is 5.32 Å². The number of benzene rings is 2. The van der Waals surface area contributed by atoms with Crippen molar-refractivity contribution >= 4 is 16.7 Å². The molecule has 5 heteroatoms. The number of phenols is 1. The first-order valence-corrected chi connectivity index (χ1v) is 10.8. The van der Waals surface area contributed by atoms with Crippen molar-refractivity contribution in [2.24, 2.45) is 0 Å². The van der Waals surface area contributed by atoms with Gasteiger partial charge in [-0.2, -0.15) is 0 Å². The third kappa shape index (κ3) is 4.17. The molecule has 0 aliphatic heterocycles. The highest BCUT2D eigenvalue weighted by Crippen LogP contribution is 2.37. The first-order valence-electron chi connectivity index (χ1n) is 10.8. The van der Waals surface area contributed by atoms with Crippen LogP contribution in [-0.2, 0) is 0 Å². The van der Waals surface area contributed by atoms with Crippen LogP contribution in [0.4, 0.5) is 5.82 Å². The molecule has 0 amide bonds. The zero-order valence-electron chi connectivity index (χ0n) is 17.2. The van der Waals surface area contributed by atoms with E-state index in [0.29, 0.717) is 5.52 Å². The number of aromatic hydroxyl groups is 1. The van der Waals surface area contributed by atoms with Crippen LogP contribution >= 0.6 is 0 Å². The topological polar surface area (TPSA) is 67.3 Å². The maximum atomic E-state index is 11.1. The number of hydrogen-bond donors (Lipinski definition) is 2. The van der Waals surface area contributed by atoms with Crippen molar-refractivity contribution in [1.82, 2.24) is 9.97 Å². The molecule has 0 bridgehead atoms. The van der Waals surface area contributed by atoms with E-state index in [1.54, 1.807) is 12.4 Å². The molecule has 1 aliphatic rings. The molecule has 2 N–H and O–H groups in total. The van der Waals surface area contributed by atoms with Crippen molar-refractivity contribution in [3.8, 4) is 11.5 Å². The number of pyridine rings is 2. The Morgan fingerprint density at radius 3 is 2.61 bits per heavy atom. The van der Waals surface area contributed by atoms with Crippen LogP contribution in [0.15, 0.2) is 79.1 Å². The third-order valence-corrected chi connectivity index (χ3v) is 5.84. The Morgan fingerprint density at radius 1 is 0.903 bits per heavy atom. The van der Waals surface area contributed by atoms with Gasteiger partial charge in [0.2, 0.25) is 0 Å². The van der Waals surface area contributed by atoms with E-state index in [1.807, 2.05) is 60.7 Å². The molecule has 2 heterocycles. The summed E-state index contributed by atoms with van der Waals surface area (Å²) in [5.41, 5.74) is 2.33. The Kier molecular flexibility index (Phi) is 5.40. The standard InChI is InChI=1S/C26H25N3O2/c30-26-22(14-13-18-8-6-16-28-25(18)26)24(29-23-12-3-4-15-27-23)19-7-5-11-21(17-19)31-20-9-1-2-10-20/h3-8,11-17,20,24,30H,1-2,9-10H2,(H,27,29)/t24-/m0/s1. The molecule has 0 saturated heterocycles. The summed E-state index contributed by atoms with van der Waals surface area (Å²) < 4.78 is 6.23. The van der Waals surface area contributed by atoms with Gasteiger partial charge in [-0.05, 0) is 61.6 Å². The lowest BCUT2D eigenvalue weighted by Crippen LogP contribution is -2.15. The number of rotatable bonds is 6. The number of nitrogens with zero attached hydrogens (tertiary/aromatic N) is 2. The third-order valence-electron chi connectivity index (χ3n) is 5.84. The van der Waals surface area contributed by atoms with E-state index in [9.17, 15) is 5.11 Å². The summed E-state index contributed by atoms with van der Waals surface area (Å²) in [6.45, 7) is 0. The molecule has 2 aromatic carbocycles. The van der Waals surface area contributed by atoms with Crippen molar-refractivity contribution in [2.45, 2.75) is 37.8 Å². The highest BCUT2D eigenvalue weighted by atomic mass is 16.5. The molecule has 4 aromatic rings. The van der Waals surface area contributed by atoms with Gasteiger partial charge in [0.25, 0.3) is 0 Å². The predicted molar refractivity (Wildman–Crippen MR) is 122 cm³/mol. The van der Waals surface area contributed by atoms with E-state index in [1.165, 1.54) is 12.8 Å². The smallest absolute Gasteiger partial charge is 0.147 e. The maximum Gasteiger partial charge on any atom is 0.147 e. The van der Waals surface area contributed by atoms with Crippen LogP contribution in [-0.4, -0.2) is 21.2 Å². The van der Waals surface area contributed by atoms with Crippen molar-refractivity contribution < 1.29 is 9.84 Å². The largest absolute Gasteiger partial charge is 0.505 e. The van der Waals surface area contributed by atoms with Crippen LogP contribution in [0.25, 0.3) is 10.9 Å². The number of hydrogen-bond acceptors (Lipinski definition) is 5. The van der Waals surface area contributed by atoms with Gasteiger partial charge in [-0.15, -0.1) is 0 Å². The average molecular weight is 412 g/mol. The molecule has 5 rings (SSSR count). The summed E-state index contributed by atoms with van der Waals surface area (Å²) in [5.74, 6) is 1.76. The number of nitrogens with one attached hydrogen (secondary N) is 1. The summed E-state index contributed by atoms with van der Waals surface area (Å²) in [6, 6.07) is 21.3. The number of anilines is 1. The normalized spacial score (nSPS) is 15.1. The fourth-order valence-electron chi connectivity index (χ4n) is 4.28. The van der Waals surface area contributed by atoms with Gasteiger partial charge in [-0.1, -0.05) is 36.4 Å². The van der Waals surface area contributed by atoms with Crippen molar-refractivity contribution in [3.05, 3.63) is 90.3 Å². The summed E-state index contributed by atoms with van der Waals surface area (Å²) in [5, 5.41) is 15.5. The summed E-state index contributed by atoms with van der Waals surface area (Å²) in [7, 11) is 0. The van der Waals surface area contributed by atoms with Gasteiger partial charge in [0.05, 0.1) is 12.1 Å². The number of aromatic nitrogens is 2. The average Bonchev–Trinajstić information content (AvgIpc) is 3.32. The zero-order chi connectivity index (χ0) is 21.0. The fourth-order valence-corrected chi connectivity index (χ4v) is 4.28. The molecule has 5 nitrogen and oxygen atoms in total. The van der Waals surface area contributed by atoms with Crippen LogP contribution in [0.3, 0.4) is 0 Å². The molecular formula is C26H25N3O2. The van der Waals surface area contributed by atoms with Crippen molar-refractivity contribution in [3.63, 3.8) is 0 Å². The minimum Gasteiger partial charge on any atom is -0.505 e. The van der Waals surface area contributed by atoms with E-state index in [-0.39, 0.29) is 17.9 Å². The lowest BCUT2D eigenvalue weighted by Gasteiger charge is -2.23. The Morgan fingerprint density at radius 2 is 1.77 bits per heavy atom. The SMILES string of the molecule is Oc1c([C@@H](Nc2ccccn2)c2cccc(OC3CCCC3)c2)ccc2cccnc12. The van der Waals surface area contributed by atoms with Crippen molar-refractivity contribution in [1.29, 1.82) is 0 Å². The summed E-state index contributed by atoms with van der Waals surface area (Å²) in [4.78, 5) is 8.82.